The van der Waals surface area contributed by atoms with Crippen LogP contribution in [-0.4, -0.2) is 50.7 Å². The molecule has 2 atom stereocenters. The van der Waals surface area contributed by atoms with E-state index in [1.54, 1.807) is 4.90 Å². The van der Waals surface area contributed by atoms with Crippen LogP contribution >= 0.6 is 0 Å². The van der Waals surface area contributed by atoms with Gasteiger partial charge < -0.3 is 14.7 Å². The van der Waals surface area contributed by atoms with Gasteiger partial charge in [-0.25, -0.2) is 4.79 Å². The molecule has 130 valence electrons. The summed E-state index contributed by atoms with van der Waals surface area (Å²) in [4.78, 5) is 13.9. The van der Waals surface area contributed by atoms with Crippen LogP contribution in [0.4, 0.5) is 4.79 Å². The van der Waals surface area contributed by atoms with Crippen molar-refractivity contribution in [1.82, 2.24) is 14.7 Å². The molecule has 1 N–H and O–H groups in total. The van der Waals surface area contributed by atoms with Crippen LogP contribution in [0.25, 0.3) is 0 Å². The molecule has 6 heteroatoms. The van der Waals surface area contributed by atoms with Crippen LogP contribution in [0.15, 0.2) is 6.07 Å². The van der Waals surface area contributed by atoms with Gasteiger partial charge in [0.1, 0.15) is 5.60 Å². The number of aromatic nitrogens is 2. The van der Waals surface area contributed by atoms with E-state index < -0.39 is 11.7 Å². The molecule has 1 aliphatic rings. The molecule has 2 rings (SSSR count). The fourth-order valence-corrected chi connectivity index (χ4v) is 2.92. The minimum absolute atomic E-state index is 0.0105. The van der Waals surface area contributed by atoms with E-state index in [1.807, 2.05) is 32.5 Å². The lowest BCUT2D eigenvalue weighted by molar-refractivity contribution is -0.00854. The second-order valence-corrected chi connectivity index (χ2v) is 7.35. The van der Waals surface area contributed by atoms with E-state index in [1.165, 1.54) is 0 Å². The van der Waals surface area contributed by atoms with Gasteiger partial charge in [-0.15, -0.1) is 0 Å². The van der Waals surface area contributed by atoms with E-state index in [4.69, 9.17) is 4.74 Å². The summed E-state index contributed by atoms with van der Waals surface area (Å²) in [5, 5.41) is 14.8. The summed E-state index contributed by atoms with van der Waals surface area (Å²) in [6.07, 6.45) is 1.50. The van der Waals surface area contributed by atoms with Gasteiger partial charge in [0, 0.05) is 31.7 Å². The number of aliphatic hydroxyl groups is 1. The van der Waals surface area contributed by atoms with Gasteiger partial charge >= 0.3 is 6.09 Å². The molecule has 0 spiro atoms. The number of nitrogens with zero attached hydrogens (tertiary/aromatic N) is 3. The van der Waals surface area contributed by atoms with E-state index in [0.717, 1.165) is 17.8 Å². The zero-order valence-corrected chi connectivity index (χ0v) is 14.9. The molecule has 0 aliphatic carbocycles. The highest BCUT2D eigenvalue weighted by molar-refractivity contribution is 5.68. The van der Waals surface area contributed by atoms with Crippen LogP contribution in [0, 0.1) is 5.92 Å². The van der Waals surface area contributed by atoms with Gasteiger partial charge in [0.25, 0.3) is 0 Å². The number of aliphatic hydroxyl groups excluding tert-OH is 1. The van der Waals surface area contributed by atoms with E-state index in [-0.39, 0.29) is 12.0 Å². The molecule has 0 bridgehead atoms. The van der Waals surface area contributed by atoms with Crippen molar-refractivity contribution in [2.24, 2.45) is 13.0 Å². The molecule has 1 aliphatic heterocycles. The molecule has 0 radical (unpaired) electrons. The number of ether oxygens (including phenoxy) is 1. The fourth-order valence-electron chi connectivity index (χ4n) is 2.92. The molecule has 23 heavy (non-hydrogen) atoms. The number of hydrogen-bond acceptors (Lipinski definition) is 4. The Kier molecular flexibility index (Phi) is 5.34. The number of piperidine rings is 1. The van der Waals surface area contributed by atoms with Crippen LogP contribution in [-0.2, 0) is 24.6 Å². The van der Waals surface area contributed by atoms with Crippen molar-refractivity contribution in [3.63, 3.8) is 0 Å². The van der Waals surface area contributed by atoms with Gasteiger partial charge in [-0.3, -0.25) is 4.68 Å². The fraction of sp³-hybridized carbons (Fsp3) is 0.765. The second-order valence-electron chi connectivity index (χ2n) is 7.35. The Morgan fingerprint density at radius 3 is 2.74 bits per heavy atom. The largest absolute Gasteiger partial charge is 0.444 e. The van der Waals surface area contributed by atoms with Crippen LogP contribution in [0.5, 0.6) is 0 Å². The third-order valence-corrected chi connectivity index (χ3v) is 4.21. The van der Waals surface area contributed by atoms with Gasteiger partial charge in [0.05, 0.1) is 11.8 Å². The average molecular weight is 323 g/mol. The number of rotatable bonds is 3. The summed E-state index contributed by atoms with van der Waals surface area (Å²) in [6.45, 7) is 8.72. The van der Waals surface area contributed by atoms with Gasteiger partial charge in [0.15, 0.2) is 0 Å². The lowest BCUT2D eigenvalue weighted by atomic mass is 9.90. The lowest BCUT2D eigenvalue weighted by Gasteiger charge is -2.37. The molecular weight excluding hydrogens is 294 g/mol. The van der Waals surface area contributed by atoms with Gasteiger partial charge in [-0.1, -0.05) is 6.92 Å². The predicted molar refractivity (Wildman–Crippen MR) is 88.2 cm³/mol. The first kappa shape index (κ1) is 17.8. The second kappa shape index (κ2) is 6.91. The summed E-state index contributed by atoms with van der Waals surface area (Å²) in [5.41, 5.74) is 1.65. The van der Waals surface area contributed by atoms with Crippen molar-refractivity contribution in [2.75, 3.05) is 13.1 Å². The zero-order valence-electron chi connectivity index (χ0n) is 14.9. The number of likely N-dealkylation sites (tertiary alicyclic amines) is 1. The summed E-state index contributed by atoms with van der Waals surface area (Å²) >= 11 is 0. The molecule has 6 nitrogen and oxygen atoms in total. The highest BCUT2D eigenvalue weighted by Crippen LogP contribution is 2.23. The first-order valence-electron chi connectivity index (χ1n) is 8.37. The normalized spacial score (nSPS) is 22.3. The molecule has 2 unspecified atom stereocenters. The summed E-state index contributed by atoms with van der Waals surface area (Å²) in [6, 6.07) is 2.08. The van der Waals surface area contributed by atoms with Crippen molar-refractivity contribution in [2.45, 2.75) is 58.7 Å². The van der Waals surface area contributed by atoms with Crippen molar-refractivity contribution in [3.8, 4) is 0 Å². The predicted octanol–water partition coefficient (Wildman–Crippen LogP) is 2.14. The van der Waals surface area contributed by atoms with Crippen molar-refractivity contribution >= 4 is 6.09 Å². The molecule has 1 aromatic rings. The maximum atomic E-state index is 12.2. The Bertz CT molecular complexity index is 548. The molecule has 1 aromatic heterocycles. The number of amides is 1. The third-order valence-electron chi connectivity index (χ3n) is 4.21. The highest BCUT2D eigenvalue weighted by Gasteiger charge is 2.33. The Hall–Kier alpha value is -1.56. The van der Waals surface area contributed by atoms with Crippen molar-refractivity contribution in [1.29, 1.82) is 0 Å². The van der Waals surface area contributed by atoms with E-state index >= 15 is 0 Å². The molecule has 2 heterocycles. The summed E-state index contributed by atoms with van der Waals surface area (Å²) in [7, 11) is 1.93. The first-order chi connectivity index (χ1) is 10.7. The van der Waals surface area contributed by atoms with Gasteiger partial charge in [-0.2, -0.15) is 5.10 Å². The van der Waals surface area contributed by atoms with Crippen molar-refractivity contribution in [3.05, 3.63) is 17.5 Å². The van der Waals surface area contributed by atoms with E-state index in [2.05, 4.69) is 18.1 Å². The van der Waals surface area contributed by atoms with Crippen molar-refractivity contribution < 1.29 is 14.6 Å². The lowest BCUT2D eigenvalue weighted by Crippen LogP contribution is -2.48. The smallest absolute Gasteiger partial charge is 0.410 e. The Morgan fingerprint density at radius 1 is 1.48 bits per heavy atom. The molecular formula is C17H29N3O3. The summed E-state index contributed by atoms with van der Waals surface area (Å²) in [5.74, 6) is 0.0105. The maximum absolute atomic E-state index is 12.2. The standard InChI is InChI=1S/C17H29N3O3/c1-6-13-10-14(19(5)18-13)9-12-11-20(8-7-15(12)21)16(22)23-17(2,3)4/h10,12,15,21H,6-9,11H2,1-5H3. The Balaban J connectivity index is 2.03. The molecule has 0 aromatic carbocycles. The average Bonchev–Trinajstić information content (AvgIpc) is 2.80. The molecule has 1 amide bonds. The van der Waals surface area contributed by atoms with Crippen LogP contribution in [0.3, 0.4) is 0 Å². The minimum atomic E-state index is -0.499. The molecule has 1 fully saturated rings. The number of aryl methyl sites for hydroxylation is 2. The Morgan fingerprint density at radius 2 is 2.17 bits per heavy atom. The quantitative estimate of drug-likeness (QED) is 0.925. The molecule has 1 saturated heterocycles. The van der Waals surface area contributed by atoms with Crippen LogP contribution in [0.2, 0.25) is 0 Å². The van der Waals surface area contributed by atoms with E-state index in [0.29, 0.717) is 25.9 Å². The van der Waals surface area contributed by atoms with Gasteiger partial charge in [0.2, 0.25) is 0 Å². The monoisotopic (exact) mass is 323 g/mol. The third kappa shape index (κ3) is 4.70. The van der Waals surface area contributed by atoms with E-state index in [9.17, 15) is 9.90 Å². The van der Waals surface area contributed by atoms with Gasteiger partial charge in [-0.05, 0) is 46.1 Å². The van der Waals surface area contributed by atoms with Crippen LogP contribution < -0.4 is 0 Å². The maximum Gasteiger partial charge on any atom is 0.410 e. The number of carbonyl (C=O) groups is 1. The Labute approximate surface area is 138 Å². The highest BCUT2D eigenvalue weighted by atomic mass is 16.6. The summed E-state index contributed by atoms with van der Waals surface area (Å²) < 4.78 is 7.32. The van der Waals surface area contributed by atoms with Crippen LogP contribution in [0.1, 0.15) is 45.5 Å². The number of carbonyl (C=O) groups excluding carboxylic acids is 1. The first-order valence-corrected chi connectivity index (χ1v) is 8.37. The number of hydrogen-bond donors (Lipinski definition) is 1. The SMILES string of the molecule is CCc1cc(CC2CN(C(=O)OC(C)(C)C)CCC2O)n(C)n1. The minimum Gasteiger partial charge on any atom is -0.444 e. The topological polar surface area (TPSA) is 67.6 Å². The zero-order chi connectivity index (χ0) is 17.2. The molecule has 0 saturated carbocycles.